The zero-order valence-corrected chi connectivity index (χ0v) is 63.9. The normalized spacial score (nSPS) is 18.4. The van der Waals surface area contributed by atoms with Crippen LogP contribution in [0, 0.1) is 0 Å². The largest absolute Gasteiger partial charge is 0.523 e. The van der Waals surface area contributed by atoms with Gasteiger partial charge in [-0.3, -0.25) is 8.37 Å². The van der Waals surface area contributed by atoms with E-state index < -0.39 is 130 Å². The molecular weight excluding hydrogens is 1720 g/mol. The first kappa shape index (κ1) is 106. The molecule has 113 heavy (non-hydrogen) atoms. The van der Waals surface area contributed by atoms with E-state index in [1.807, 2.05) is 41.3 Å². The molecule has 0 N–H and O–H groups in total. The van der Waals surface area contributed by atoms with Gasteiger partial charge in [0.05, 0.1) is 19.8 Å². The zero-order chi connectivity index (χ0) is 79.8. The van der Waals surface area contributed by atoms with E-state index >= 15 is 0 Å². The lowest BCUT2D eigenvalue weighted by Gasteiger charge is -2.29. The molecule has 0 aliphatic carbocycles. The predicted octanol–water partition coefficient (Wildman–Crippen LogP) is 9.73. The van der Waals surface area contributed by atoms with Gasteiger partial charge in [0.15, 0.2) is 27.3 Å². The molecule has 0 spiro atoms. The molecule has 6 aromatic rings. The fourth-order valence-corrected chi connectivity index (χ4v) is 15.9. The highest BCUT2D eigenvalue weighted by molar-refractivity contribution is 8.11. The first-order chi connectivity index (χ1) is 50.7. The monoisotopic (exact) mass is 1800 g/mol. The van der Waals surface area contributed by atoms with Crippen molar-refractivity contribution in [3.63, 3.8) is 0 Å². The quantitative estimate of drug-likeness (QED) is 0.0494. The summed E-state index contributed by atoms with van der Waals surface area (Å²) in [5.41, 5.74) is 5.94. The van der Waals surface area contributed by atoms with Gasteiger partial charge in [-0.2, -0.15) is 25.8 Å². The topological polar surface area (TPSA) is 526 Å². The van der Waals surface area contributed by atoms with Crippen molar-refractivity contribution in [2.24, 2.45) is 0 Å². The molecule has 0 amide bonds. The van der Waals surface area contributed by atoms with Gasteiger partial charge >= 0.3 is 34.2 Å². The summed E-state index contributed by atoms with van der Waals surface area (Å²) >= 11 is -5.56. The number of carbonyl (C=O) groups excluding carboxylic acids is 1. The number of para-hydroxylation sites is 5. The summed E-state index contributed by atoms with van der Waals surface area (Å²) < 4.78 is 295. The molecule has 6 aliphatic rings. The number of halogens is 3. The Kier molecular flexibility index (Phi) is 47.1. The minimum atomic E-state index is -6.23. The fourth-order valence-electron chi connectivity index (χ4n) is 7.18. The minimum Gasteiger partial charge on any atom is -0.523 e. The summed E-state index contributed by atoms with van der Waals surface area (Å²) in [6.45, 7) is 6.90. The van der Waals surface area contributed by atoms with Crippen molar-refractivity contribution in [3.8, 4) is 39.9 Å². The van der Waals surface area contributed by atoms with Crippen molar-refractivity contribution in [2.45, 2.75) is 59.4 Å². The predicted molar refractivity (Wildman–Crippen MR) is 411 cm³/mol. The van der Waals surface area contributed by atoms with Crippen LogP contribution in [0.25, 0.3) is 44.7 Å². The van der Waals surface area contributed by atoms with E-state index in [1.54, 1.807) is 70.9 Å². The van der Waals surface area contributed by atoms with Crippen molar-refractivity contribution < 1.29 is 142 Å². The van der Waals surface area contributed by atoms with Crippen LogP contribution in [0.1, 0.15) is 44.1 Å². The van der Waals surface area contributed by atoms with Crippen LogP contribution in [0.15, 0.2) is 186 Å². The fraction of sp³-hybridized carbons (Fsp3) is 0.350. The molecule has 6 aromatic carbocycles. The van der Waals surface area contributed by atoms with Gasteiger partial charge in [-0.15, -0.1) is 0 Å². The lowest BCUT2D eigenvalue weighted by atomic mass is 10.0. The average Bonchev–Trinajstić information content (AvgIpc) is 1.63. The molecule has 2 bridgehead atoms. The zero-order valence-electron chi connectivity index (χ0n) is 55.7. The summed E-state index contributed by atoms with van der Waals surface area (Å²) in [6.07, 6.45) is 0. The maximum atomic E-state index is 11.9. The van der Waals surface area contributed by atoms with E-state index in [-0.39, 0.29) is 85.0 Å². The average molecular weight is 1800 g/mol. The minimum absolute atomic E-state index is 0. The Morgan fingerprint density at radius 3 is 1.50 bits per heavy atom. The number of alkyl halides is 3. The van der Waals surface area contributed by atoms with E-state index in [4.69, 9.17) is 22.6 Å². The molecule has 53 heteroatoms. The van der Waals surface area contributed by atoms with E-state index in [2.05, 4.69) is 66.1 Å². The number of rotatable bonds is 16. The summed E-state index contributed by atoms with van der Waals surface area (Å²) in [7, 11) is -29.6. The van der Waals surface area contributed by atoms with Crippen molar-refractivity contribution >= 4 is 111 Å². The Balaban J connectivity index is 0.00000130. The molecule has 40 nitrogen and oxygen atoms in total. The number of esters is 1. The molecule has 6 aliphatic heterocycles. The van der Waals surface area contributed by atoms with Gasteiger partial charge in [-0.05, 0) is 74.3 Å². The number of benzene rings is 6. The second-order valence-corrected chi connectivity index (χ2v) is 33.7. The molecule has 4 fully saturated rings. The Hall–Kier alpha value is -7.22. The molecule has 640 valence electrons. The Labute approximate surface area is 664 Å². The molecule has 4 saturated heterocycles. The maximum Gasteiger partial charge on any atom is 0.480 e. The lowest BCUT2D eigenvalue weighted by Crippen LogP contribution is -2.43. The van der Waals surface area contributed by atoms with Crippen LogP contribution >= 0.6 is 0 Å². The Morgan fingerprint density at radius 1 is 0.549 bits per heavy atom. The molecule has 0 radical (unpaired) electrons. The first-order valence-electron chi connectivity index (χ1n) is 29.3. The molecule has 3 unspecified atom stereocenters. The highest BCUT2D eigenvalue weighted by Crippen LogP contribution is 2.38. The van der Waals surface area contributed by atoms with E-state index in [1.165, 1.54) is 86.0 Å². The number of ether oxygens (including phenoxy) is 4. The number of nitrogens with zero attached hydrogens (tertiary/aromatic N) is 10. The number of sulfonamides is 3. The van der Waals surface area contributed by atoms with E-state index in [9.17, 15) is 89.5 Å². The number of carbonyl (C=O) groups is 1. The smallest absolute Gasteiger partial charge is 0.480 e. The summed E-state index contributed by atoms with van der Waals surface area (Å²) in [6, 6.07) is 43.4. The van der Waals surface area contributed by atoms with Gasteiger partial charge in [0.25, 0.3) is 11.4 Å². The summed E-state index contributed by atoms with van der Waals surface area (Å²) in [5.74, 6) is 1.11. The SMILES string of the molecule is C.C.C.C.C.C=C(C)C(=O)OCCOS(=O)(=O)[N-]S(=O)(=O)C(F)(F)F.CN(C)S(=O)(=O)[N-]S(=O)(=O)c1ccccc1.O=S(=O)([N-]S(=O)(=O)c1ccccc1)Oc1ccccc1.O=S1(=O)[N-]CN2CCN1CC2.O=S1OCCOC[N-]O1.O=S1O[N-]COc2ccccc2-c2ccccc2O1.O=S1O[N-]COc2ccccc2O1. The van der Waals surface area contributed by atoms with Crippen LogP contribution in [0.3, 0.4) is 0 Å². The first-order valence-corrected chi connectivity index (χ1v) is 42.1. The molecular formula is C60H82F3N10O30S10-7. The van der Waals surface area contributed by atoms with Gasteiger partial charge in [-0.1, -0.05) is 154 Å². The summed E-state index contributed by atoms with van der Waals surface area (Å²) in [5, 5.41) is 0. The third-order valence-corrected chi connectivity index (χ3v) is 23.8. The number of piperazine rings is 1. The second-order valence-electron chi connectivity index (χ2n) is 20.0. The van der Waals surface area contributed by atoms with Gasteiger partial charge in [0, 0.05) is 80.2 Å². The Morgan fingerprint density at radius 2 is 0.982 bits per heavy atom. The molecule has 0 saturated carbocycles. The highest BCUT2D eigenvalue weighted by Gasteiger charge is 2.41. The Bertz CT molecular complexity index is 4820. The number of hydrogen-bond acceptors (Lipinski definition) is 31. The molecule has 0 aromatic heterocycles. The third-order valence-electron chi connectivity index (χ3n) is 12.0. The number of hydroxylamine groups is 3. The van der Waals surface area contributed by atoms with Crippen molar-refractivity contribution in [1.29, 1.82) is 0 Å². The van der Waals surface area contributed by atoms with Gasteiger partial charge in [-0.25, -0.2) is 72.3 Å². The molecule has 3 atom stereocenters. The van der Waals surface area contributed by atoms with Crippen molar-refractivity contribution in [1.82, 2.24) is 13.5 Å². The van der Waals surface area contributed by atoms with Crippen molar-refractivity contribution in [3.05, 3.63) is 209 Å². The van der Waals surface area contributed by atoms with Crippen LogP contribution in [-0.4, -0.2) is 190 Å². The van der Waals surface area contributed by atoms with Crippen LogP contribution in [-0.2, 0) is 141 Å². The van der Waals surface area contributed by atoms with Crippen LogP contribution in [0.4, 0.5) is 13.2 Å². The maximum absolute atomic E-state index is 11.9. The van der Waals surface area contributed by atoms with Gasteiger partial charge in [0.1, 0.15) is 58.6 Å². The van der Waals surface area contributed by atoms with Crippen LogP contribution < -0.4 is 22.0 Å². The summed E-state index contributed by atoms with van der Waals surface area (Å²) in [4.78, 5) is 12.5. The van der Waals surface area contributed by atoms with Crippen LogP contribution in [0.5, 0.6) is 28.7 Å². The number of hydrogen-bond donors (Lipinski definition) is 0. The second kappa shape index (κ2) is 50.3. The van der Waals surface area contributed by atoms with Gasteiger partial charge < -0.3 is 82.8 Å². The highest BCUT2D eigenvalue weighted by atomic mass is 32.3. The molecule has 6 heterocycles. The van der Waals surface area contributed by atoms with Crippen molar-refractivity contribution in [2.75, 3.05) is 93.6 Å². The standard InChI is InChI=1S/C13H10NO4S.C12H10NO5S2.C8H11N2O4S2.C7H9F3NO7S2.C7H6NO4S.C5H10N3O2S.C3H6NO4S.5CH4/c15-19-17-13-8-4-2-6-11(13)10-5-1-3-7-12(10)16-9-14-18-19;14-19(15,12-9-5-2-6-10-12)13-20(16,17)18-11-7-3-1-4-8-11;1-10(2)16(13,14)9-15(11,12)8-6-4-3-5-7-8;1-5(2)6(12)17-3-4-18-20(15,16)11-19(13,14)7(8,9)10;9-13-11-7-4-2-1-3-6(7)10-5-8-12-13;9-11(10)6-5-7-1-3-8(11)4-2-7;5-9-7-2-1-6-3-4-8-9;;;;;/h1-8H,9H2;1-10H;3-7H,1-2H3;1,3-4H2,2H3;1-4H,5H2;1-5H2;1-3H2;5*1H4/q7*-1;;;;;. The van der Waals surface area contributed by atoms with E-state index in [0.29, 0.717) is 49.4 Å². The van der Waals surface area contributed by atoms with Gasteiger partial charge in [0.2, 0.25) is 20.6 Å². The molecule has 12 rings (SSSR count). The lowest BCUT2D eigenvalue weighted by molar-refractivity contribution is -0.139. The number of fused-ring (bicyclic) bond motifs is 8. The van der Waals surface area contributed by atoms with Crippen LogP contribution in [0.2, 0.25) is 0 Å². The van der Waals surface area contributed by atoms with E-state index in [0.717, 1.165) is 28.5 Å². The third kappa shape index (κ3) is 38.4.